The normalized spacial score (nSPS) is 10.5. The molecule has 0 radical (unpaired) electrons. The Kier molecular flexibility index (Phi) is 4.02. The van der Waals surface area contributed by atoms with Crippen molar-refractivity contribution in [1.29, 1.82) is 0 Å². The molecule has 0 aliphatic rings. The monoisotopic (exact) mass is 258 g/mol. The van der Waals surface area contributed by atoms with Gasteiger partial charge < -0.3 is 14.6 Å². The van der Waals surface area contributed by atoms with E-state index in [-0.39, 0.29) is 5.43 Å². The van der Waals surface area contributed by atoms with Crippen LogP contribution in [-0.2, 0) is 6.54 Å². The maximum atomic E-state index is 11.9. The van der Waals surface area contributed by atoms with Gasteiger partial charge in [-0.2, -0.15) is 0 Å². The highest BCUT2D eigenvalue weighted by Gasteiger charge is 2.05. The molecule has 0 spiro atoms. The second-order valence-corrected chi connectivity index (χ2v) is 4.41. The van der Waals surface area contributed by atoms with Crippen molar-refractivity contribution in [3.63, 3.8) is 0 Å². The molecule has 0 amide bonds. The van der Waals surface area contributed by atoms with Gasteiger partial charge in [0.25, 0.3) is 0 Å². The smallest absolute Gasteiger partial charge is 0.186 e. The molecule has 0 unspecified atom stereocenters. The fraction of sp³-hybridized carbons (Fsp3) is 0.267. The molecular formula is C15H18N2O2. The number of hydrogen-bond acceptors (Lipinski definition) is 3. The lowest BCUT2D eigenvalue weighted by atomic mass is 10.2. The first-order chi connectivity index (χ1) is 9.15. The van der Waals surface area contributed by atoms with Crippen molar-refractivity contribution in [2.75, 3.05) is 14.2 Å². The topological polar surface area (TPSA) is 43.3 Å². The zero-order valence-corrected chi connectivity index (χ0v) is 11.4. The Morgan fingerprint density at radius 2 is 2.11 bits per heavy atom. The predicted octanol–water partition coefficient (Wildman–Crippen LogP) is 1.87. The summed E-state index contributed by atoms with van der Waals surface area (Å²) in [5.74, 6) is 0.797. The highest BCUT2D eigenvalue weighted by molar-refractivity contribution is 5.41. The number of rotatable bonds is 4. The molecule has 4 heteroatoms. The molecule has 4 nitrogen and oxygen atoms in total. The Bertz CT molecular complexity index is 632. The summed E-state index contributed by atoms with van der Waals surface area (Å²) >= 11 is 0. The second-order valence-electron chi connectivity index (χ2n) is 4.41. The summed E-state index contributed by atoms with van der Waals surface area (Å²) in [6, 6.07) is 9.43. The molecule has 0 bridgehead atoms. The number of aryl methyl sites for hydroxylation is 1. The van der Waals surface area contributed by atoms with Crippen molar-refractivity contribution in [2.45, 2.75) is 13.5 Å². The van der Waals surface area contributed by atoms with Crippen LogP contribution in [0.25, 0.3) is 5.69 Å². The molecule has 1 N–H and O–H groups in total. The first-order valence-electron chi connectivity index (χ1n) is 6.17. The zero-order chi connectivity index (χ0) is 13.8. The fourth-order valence-electron chi connectivity index (χ4n) is 2.03. The number of hydrogen-bond donors (Lipinski definition) is 1. The summed E-state index contributed by atoms with van der Waals surface area (Å²) in [5, 5.41) is 3.01. The third kappa shape index (κ3) is 2.85. The van der Waals surface area contributed by atoms with Crippen LogP contribution >= 0.6 is 0 Å². The van der Waals surface area contributed by atoms with Crippen molar-refractivity contribution in [1.82, 2.24) is 9.88 Å². The summed E-state index contributed by atoms with van der Waals surface area (Å²) in [4.78, 5) is 11.9. The number of nitrogens with one attached hydrogen (secondary N) is 1. The Morgan fingerprint density at radius 3 is 2.79 bits per heavy atom. The largest absolute Gasteiger partial charge is 0.497 e. The van der Waals surface area contributed by atoms with Gasteiger partial charge in [-0.25, -0.2) is 0 Å². The van der Waals surface area contributed by atoms with Crippen LogP contribution in [0.5, 0.6) is 5.75 Å². The Labute approximate surface area is 112 Å². The van der Waals surface area contributed by atoms with Crippen LogP contribution in [0.4, 0.5) is 0 Å². The van der Waals surface area contributed by atoms with Gasteiger partial charge in [-0.1, -0.05) is 6.07 Å². The van der Waals surface area contributed by atoms with Crippen LogP contribution in [-0.4, -0.2) is 18.7 Å². The zero-order valence-electron chi connectivity index (χ0n) is 11.4. The molecule has 0 saturated heterocycles. The van der Waals surface area contributed by atoms with E-state index in [1.165, 1.54) is 0 Å². The van der Waals surface area contributed by atoms with Crippen LogP contribution in [0.2, 0.25) is 0 Å². The Hall–Kier alpha value is -2.07. The maximum absolute atomic E-state index is 11.9. The van der Waals surface area contributed by atoms with Crippen LogP contribution in [0, 0.1) is 6.92 Å². The van der Waals surface area contributed by atoms with Gasteiger partial charge in [0.15, 0.2) is 5.43 Å². The third-order valence-electron chi connectivity index (χ3n) is 3.02. The van der Waals surface area contributed by atoms with E-state index in [1.54, 1.807) is 13.2 Å². The summed E-state index contributed by atoms with van der Waals surface area (Å²) in [6.45, 7) is 2.48. The van der Waals surface area contributed by atoms with Crippen molar-refractivity contribution >= 4 is 0 Å². The van der Waals surface area contributed by atoms with Gasteiger partial charge in [-0.05, 0) is 26.1 Å². The molecule has 100 valence electrons. The fourth-order valence-corrected chi connectivity index (χ4v) is 2.03. The molecule has 0 atom stereocenters. The predicted molar refractivity (Wildman–Crippen MR) is 76.1 cm³/mol. The standard InChI is InChI=1S/C15H18N2O2/c1-11-7-15(18)12(9-16-2)10-17(11)13-5-4-6-14(8-13)19-3/h4-8,10,16H,9H2,1-3H3. The van der Waals surface area contributed by atoms with E-state index in [4.69, 9.17) is 4.74 Å². The van der Waals surface area contributed by atoms with Gasteiger partial charge in [-0.3, -0.25) is 4.79 Å². The number of benzene rings is 1. The van der Waals surface area contributed by atoms with Gasteiger partial charge >= 0.3 is 0 Å². The van der Waals surface area contributed by atoms with Gasteiger partial charge in [0.05, 0.1) is 7.11 Å². The highest BCUT2D eigenvalue weighted by Crippen LogP contribution is 2.17. The van der Waals surface area contributed by atoms with E-state index in [1.807, 2.05) is 49.0 Å². The minimum atomic E-state index is 0.0611. The van der Waals surface area contributed by atoms with Crippen molar-refractivity contribution in [3.05, 3.63) is 58.0 Å². The van der Waals surface area contributed by atoms with E-state index >= 15 is 0 Å². The third-order valence-corrected chi connectivity index (χ3v) is 3.02. The highest BCUT2D eigenvalue weighted by atomic mass is 16.5. The number of ether oxygens (including phenoxy) is 1. The van der Waals surface area contributed by atoms with Gasteiger partial charge in [0, 0.05) is 41.8 Å². The van der Waals surface area contributed by atoms with Gasteiger partial charge in [0.1, 0.15) is 5.75 Å². The van der Waals surface area contributed by atoms with Gasteiger partial charge in [-0.15, -0.1) is 0 Å². The second kappa shape index (κ2) is 5.71. The average Bonchev–Trinajstić information content (AvgIpc) is 2.42. The van der Waals surface area contributed by atoms with Crippen molar-refractivity contribution in [3.8, 4) is 11.4 Å². The molecular weight excluding hydrogens is 240 g/mol. The van der Waals surface area contributed by atoms with E-state index in [9.17, 15) is 4.79 Å². The SMILES string of the molecule is CNCc1cn(-c2cccc(OC)c2)c(C)cc1=O. The molecule has 1 aromatic carbocycles. The van der Waals surface area contributed by atoms with E-state index in [2.05, 4.69) is 5.32 Å². The molecule has 0 aliphatic heterocycles. The minimum Gasteiger partial charge on any atom is -0.497 e. The van der Waals surface area contributed by atoms with Crippen LogP contribution < -0.4 is 15.5 Å². The first-order valence-corrected chi connectivity index (χ1v) is 6.17. The van der Waals surface area contributed by atoms with Crippen LogP contribution in [0.3, 0.4) is 0 Å². The number of methoxy groups -OCH3 is 1. The molecule has 1 heterocycles. The Morgan fingerprint density at radius 1 is 1.32 bits per heavy atom. The average molecular weight is 258 g/mol. The van der Waals surface area contributed by atoms with Crippen LogP contribution in [0.1, 0.15) is 11.3 Å². The van der Waals surface area contributed by atoms with E-state index in [0.29, 0.717) is 6.54 Å². The van der Waals surface area contributed by atoms with Crippen molar-refractivity contribution < 1.29 is 4.74 Å². The number of nitrogens with zero attached hydrogens (tertiary/aromatic N) is 1. The number of pyridine rings is 1. The number of aromatic nitrogens is 1. The molecule has 2 rings (SSSR count). The van der Waals surface area contributed by atoms with Crippen molar-refractivity contribution in [2.24, 2.45) is 0 Å². The minimum absolute atomic E-state index is 0.0611. The van der Waals surface area contributed by atoms with E-state index in [0.717, 1.165) is 22.7 Å². The van der Waals surface area contributed by atoms with Crippen LogP contribution in [0.15, 0.2) is 41.3 Å². The molecule has 2 aromatic rings. The summed E-state index contributed by atoms with van der Waals surface area (Å²) in [5.41, 5.74) is 2.69. The lowest BCUT2D eigenvalue weighted by molar-refractivity contribution is 0.414. The maximum Gasteiger partial charge on any atom is 0.186 e. The molecule has 0 aliphatic carbocycles. The lowest BCUT2D eigenvalue weighted by Crippen LogP contribution is -2.19. The summed E-state index contributed by atoms with van der Waals surface area (Å²) in [6.07, 6.45) is 1.88. The lowest BCUT2D eigenvalue weighted by Gasteiger charge is -2.13. The summed E-state index contributed by atoms with van der Waals surface area (Å²) < 4.78 is 7.23. The Balaban J connectivity index is 2.54. The van der Waals surface area contributed by atoms with E-state index < -0.39 is 0 Å². The molecule has 0 saturated carbocycles. The van der Waals surface area contributed by atoms with Gasteiger partial charge in [0.2, 0.25) is 0 Å². The molecule has 19 heavy (non-hydrogen) atoms. The summed E-state index contributed by atoms with van der Waals surface area (Å²) in [7, 11) is 3.47. The molecule has 1 aromatic heterocycles. The quantitative estimate of drug-likeness (QED) is 0.910. The molecule has 0 fully saturated rings. The first kappa shape index (κ1) is 13.4.